The van der Waals surface area contributed by atoms with Crippen LogP contribution >= 0.6 is 0 Å². The first-order valence-corrected chi connectivity index (χ1v) is 12.7. The summed E-state index contributed by atoms with van der Waals surface area (Å²) >= 11 is 0. The van der Waals surface area contributed by atoms with Gasteiger partial charge in [0.1, 0.15) is 0 Å². The van der Waals surface area contributed by atoms with Crippen molar-refractivity contribution in [3.05, 3.63) is 59.2 Å². The third-order valence-corrected chi connectivity index (χ3v) is 6.74. The van der Waals surface area contributed by atoms with E-state index in [1.54, 1.807) is 17.0 Å². The number of likely N-dealkylation sites (tertiary alicyclic amines) is 1. The first-order chi connectivity index (χ1) is 15.6. The van der Waals surface area contributed by atoms with Crippen LogP contribution in [-0.4, -0.2) is 50.6 Å². The highest BCUT2D eigenvalue weighted by atomic mass is 32.2. The zero-order valence-electron chi connectivity index (χ0n) is 19.0. The summed E-state index contributed by atoms with van der Waals surface area (Å²) in [5.74, 6) is -0.106. The lowest BCUT2D eigenvalue weighted by Crippen LogP contribution is -2.38. The largest absolute Gasteiger partial charge is 0.339 e. The third kappa shape index (κ3) is 6.11. The van der Waals surface area contributed by atoms with Crippen LogP contribution < -0.4 is 10.6 Å². The Morgan fingerprint density at radius 3 is 2.27 bits per heavy atom. The molecule has 0 aliphatic carbocycles. The molecule has 9 heteroatoms. The topological polar surface area (TPSA) is 119 Å². The summed E-state index contributed by atoms with van der Waals surface area (Å²) in [6.07, 6.45) is 2.54. The number of nitriles is 1. The molecule has 1 heterocycles. The number of carbonyl (C=O) groups excluding carboxylic acids is 2. The van der Waals surface area contributed by atoms with Crippen LogP contribution in [0.5, 0.6) is 0 Å². The Morgan fingerprint density at radius 1 is 1.09 bits per heavy atom. The number of anilines is 1. The molecule has 8 nitrogen and oxygen atoms in total. The number of piperidine rings is 1. The molecule has 0 unspecified atom stereocenters. The Bertz CT molecular complexity index is 1180. The number of hydrogen-bond donors (Lipinski definition) is 2. The van der Waals surface area contributed by atoms with E-state index in [2.05, 4.69) is 16.7 Å². The monoisotopic (exact) mass is 468 g/mol. The lowest BCUT2D eigenvalue weighted by molar-refractivity contribution is 0.0709. The van der Waals surface area contributed by atoms with Crippen molar-refractivity contribution in [1.82, 2.24) is 10.2 Å². The van der Waals surface area contributed by atoms with Crippen molar-refractivity contribution in [2.24, 2.45) is 0 Å². The van der Waals surface area contributed by atoms with E-state index >= 15 is 0 Å². The summed E-state index contributed by atoms with van der Waals surface area (Å²) in [7, 11) is -3.64. The zero-order chi connectivity index (χ0) is 24.2. The fourth-order valence-electron chi connectivity index (χ4n) is 3.94. The van der Waals surface area contributed by atoms with Gasteiger partial charge in [-0.3, -0.25) is 4.79 Å². The van der Waals surface area contributed by atoms with Crippen molar-refractivity contribution in [3.8, 4) is 6.07 Å². The first kappa shape index (κ1) is 24.3. The summed E-state index contributed by atoms with van der Waals surface area (Å²) in [5, 5.41) is 14.3. The number of nitrogens with zero attached hydrogens (tertiary/aromatic N) is 2. The van der Waals surface area contributed by atoms with Gasteiger partial charge in [0.15, 0.2) is 9.84 Å². The summed E-state index contributed by atoms with van der Waals surface area (Å²) in [6, 6.07) is 13.3. The van der Waals surface area contributed by atoms with Crippen LogP contribution in [0.4, 0.5) is 10.5 Å². The standard InChI is InChI=1S/C24H28N4O4S/c1-16(2)26-24(30)27-20-8-9-22(33(3,31)32)21(14-20)23(29)28-12-10-19(11-13-28)18-6-4-17(15-25)5-7-18/h4-9,14,16,19H,10-13H2,1-3H3,(H2,26,27,30). The number of nitrogens with one attached hydrogen (secondary N) is 2. The highest BCUT2D eigenvalue weighted by Crippen LogP contribution is 2.30. The highest BCUT2D eigenvalue weighted by Gasteiger charge is 2.28. The molecule has 0 atom stereocenters. The molecule has 33 heavy (non-hydrogen) atoms. The molecular formula is C24H28N4O4S. The molecule has 1 fully saturated rings. The predicted octanol–water partition coefficient (Wildman–Crippen LogP) is 3.51. The predicted molar refractivity (Wildman–Crippen MR) is 126 cm³/mol. The molecule has 0 radical (unpaired) electrons. The van der Waals surface area contributed by atoms with Crippen molar-refractivity contribution < 1.29 is 18.0 Å². The smallest absolute Gasteiger partial charge is 0.319 e. The molecule has 2 aromatic carbocycles. The molecule has 1 aliphatic heterocycles. The maximum atomic E-state index is 13.3. The van der Waals surface area contributed by atoms with E-state index in [0.717, 1.165) is 24.7 Å². The summed E-state index contributed by atoms with van der Waals surface area (Å²) in [4.78, 5) is 26.9. The van der Waals surface area contributed by atoms with E-state index in [4.69, 9.17) is 5.26 Å². The Morgan fingerprint density at radius 2 is 1.73 bits per heavy atom. The number of urea groups is 1. The minimum absolute atomic E-state index is 0.0525. The maximum Gasteiger partial charge on any atom is 0.319 e. The average molecular weight is 469 g/mol. The Hall–Kier alpha value is -3.38. The second kappa shape index (κ2) is 10.0. The van der Waals surface area contributed by atoms with Gasteiger partial charge in [0, 0.05) is 31.1 Å². The number of benzene rings is 2. The Labute approximate surface area is 194 Å². The van der Waals surface area contributed by atoms with E-state index in [0.29, 0.717) is 24.3 Å². The van der Waals surface area contributed by atoms with Gasteiger partial charge >= 0.3 is 6.03 Å². The normalized spacial score (nSPS) is 14.6. The van der Waals surface area contributed by atoms with E-state index in [9.17, 15) is 18.0 Å². The molecule has 1 saturated heterocycles. The van der Waals surface area contributed by atoms with Gasteiger partial charge in [0.2, 0.25) is 0 Å². The molecule has 0 saturated carbocycles. The minimum atomic E-state index is -3.64. The quantitative estimate of drug-likeness (QED) is 0.696. The van der Waals surface area contributed by atoms with Crippen molar-refractivity contribution >= 4 is 27.5 Å². The molecule has 1 aliphatic rings. The zero-order valence-corrected chi connectivity index (χ0v) is 19.8. The second-order valence-corrected chi connectivity index (χ2v) is 10.5. The molecular weight excluding hydrogens is 440 g/mol. The van der Waals surface area contributed by atoms with Gasteiger partial charge < -0.3 is 15.5 Å². The van der Waals surface area contributed by atoms with Crippen LogP contribution in [0.1, 0.15) is 54.1 Å². The Balaban J connectivity index is 1.78. The lowest BCUT2D eigenvalue weighted by atomic mass is 9.89. The average Bonchev–Trinajstić information content (AvgIpc) is 2.77. The van der Waals surface area contributed by atoms with Crippen LogP contribution in [-0.2, 0) is 9.84 Å². The molecule has 174 valence electrons. The van der Waals surface area contributed by atoms with Crippen molar-refractivity contribution in [3.63, 3.8) is 0 Å². The van der Waals surface area contributed by atoms with Crippen molar-refractivity contribution in [2.45, 2.75) is 43.5 Å². The Kier molecular flexibility index (Phi) is 7.39. The first-order valence-electron chi connectivity index (χ1n) is 10.8. The van der Waals surface area contributed by atoms with Crippen LogP contribution in [0.3, 0.4) is 0 Å². The highest BCUT2D eigenvalue weighted by molar-refractivity contribution is 7.90. The second-order valence-electron chi connectivity index (χ2n) is 8.54. The van der Waals surface area contributed by atoms with Gasteiger partial charge in [-0.05, 0) is 68.5 Å². The van der Waals surface area contributed by atoms with E-state index in [1.807, 2.05) is 26.0 Å². The number of sulfone groups is 1. The third-order valence-electron chi connectivity index (χ3n) is 5.58. The number of carbonyl (C=O) groups is 2. The van der Waals surface area contributed by atoms with E-state index < -0.39 is 15.9 Å². The summed E-state index contributed by atoms with van der Waals surface area (Å²) < 4.78 is 24.6. The van der Waals surface area contributed by atoms with Crippen molar-refractivity contribution in [2.75, 3.05) is 24.7 Å². The van der Waals surface area contributed by atoms with Crippen LogP contribution in [0.15, 0.2) is 47.4 Å². The molecule has 0 spiro atoms. The van der Waals surface area contributed by atoms with Gasteiger partial charge in [0.05, 0.1) is 22.1 Å². The van der Waals surface area contributed by atoms with Gasteiger partial charge in [-0.25, -0.2) is 13.2 Å². The SMILES string of the molecule is CC(C)NC(=O)Nc1ccc(S(C)(=O)=O)c(C(=O)N2CCC(c3ccc(C#N)cc3)CC2)c1. The van der Waals surface area contributed by atoms with Crippen molar-refractivity contribution in [1.29, 1.82) is 5.26 Å². The molecule has 0 aromatic heterocycles. The minimum Gasteiger partial charge on any atom is -0.339 e. The maximum absolute atomic E-state index is 13.3. The molecule has 2 N–H and O–H groups in total. The number of rotatable bonds is 5. The van der Waals surface area contributed by atoms with Gasteiger partial charge in [0.25, 0.3) is 5.91 Å². The molecule has 2 aromatic rings. The van der Waals surface area contributed by atoms with Crippen LogP contribution in [0.2, 0.25) is 0 Å². The van der Waals surface area contributed by atoms with Gasteiger partial charge in [-0.2, -0.15) is 5.26 Å². The van der Waals surface area contributed by atoms with E-state index in [-0.39, 0.29) is 28.3 Å². The van der Waals surface area contributed by atoms with Crippen LogP contribution in [0.25, 0.3) is 0 Å². The summed E-state index contributed by atoms with van der Waals surface area (Å²) in [6.45, 7) is 4.61. The molecule has 3 amide bonds. The number of amides is 3. The fraction of sp³-hybridized carbons (Fsp3) is 0.375. The summed E-state index contributed by atoms with van der Waals surface area (Å²) in [5.41, 5.74) is 2.13. The fourth-order valence-corrected chi connectivity index (χ4v) is 4.80. The van der Waals surface area contributed by atoms with Crippen LogP contribution in [0, 0.1) is 11.3 Å². The number of hydrogen-bond acceptors (Lipinski definition) is 5. The lowest BCUT2D eigenvalue weighted by Gasteiger charge is -2.32. The van der Waals surface area contributed by atoms with Gasteiger partial charge in [-0.1, -0.05) is 12.1 Å². The van der Waals surface area contributed by atoms with Gasteiger partial charge in [-0.15, -0.1) is 0 Å². The molecule has 3 rings (SSSR count). The van der Waals surface area contributed by atoms with E-state index in [1.165, 1.54) is 18.2 Å². The molecule has 0 bridgehead atoms.